The number of unbranched alkanes of at least 4 members (excludes halogenated alkanes) is 4. The first-order valence-corrected chi connectivity index (χ1v) is 19.0. The number of hydrogen-bond acceptors (Lipinski definition) is 8. The third-order valence-electron chi connectivity index (χ3n) is 8.32. The smallest absolute Gasteiger partial charge is 0.328 e. The molecular weight excluding hydrogens is 673 g/mol. The highest BCUT2D eigenvalue weighted by atomic mass is 32.1. The van der Waals surface area contributed by atoms with Gasteiger partial charge in [0, 0.05) is 34.8 Å². The summed E-state index contributed by atoms with van der Waals surface area (Å²) < 4.78 is 11.3. The minimum absolute atomic E-state index is 0.109. The number of carbonyl (C=O) groups is 3. The van der Waals surface area contributed by atoms with Gasteiger partial charge in [0.15, 0.2) is 5.82 Å². The Balaban J connectivity index is 1.42. The molecule has 0 bridgehead atoms. The first-order chi connectivity index (χ1) is 24.6. The fraction of sp³-hybridized carbons (Fsp3) is 0.452. The third-order valence-corrected chi connectivity index (χ3v) is 9.83. The summed E-state index contributed by atoms with van der Waals surface area (Å²) in [5, 5.41) is 5.64. The Hall–Kier alpha value is -4.57. The van der Waals surface area contributed by atoms with Crippen LogP contribution in [0.5, 0.6) is 5.75 Å². The number of nitrogens with one attached hydrogen (secondary N) is 2. The van der Waals surface area contributed by atoms with Gasteiger partial charge >= 0.3 is 5.97 Å². The quantitative estimate of drug-likeness (QED) is 0.0876. The molecule has 2 atom stereocenters. The van der Waals surface area contributed by atoms with E-state index in [0.29, 0.717) is 10.7 Å². The van der Waals surface area contributed by atoms with Crippen molar-refractivity contribution in [2.75, 3.05) is 6.61 Å². The zero-order chi connectivity index (χ0) is 37.9. The lowest BCUT2D eigenvalue weighted by Crippen LogP contribution is -2.52. The average Bonchev–Trinajstić information content (AvgIpc) is 3.61. The van der Waals surface area contributed by atoms with Gasteiger partial charge in [-0.05, 0) is 74.9 Å². The summed E-state index contributed by atoms with van der Waals surface area (Å²) in [6, 6.07) is 17.4. The Morgan fingerprint density at radius 2 is 1.40 bits per heavy atom. The van der Waals surface area contributed by atoms with Gasteiger partial charge in [-0.25, -0.2) is 14.8 Å². The van der Waals surface area contributed by atoms with Crippen LogP contribution in [0.2, 0.25) is 0 Å². The minimum atomic E-state index is -0.943. The van der Waals surface area contributed by atoms with E-state index in [9.17, 15) is 14.4 Å². The molecule has 2 aromatic heterocycles. The van der Waals surface area contributed by atoms with Gasteiger partial charge in [-0.15, -0.1) is 11.3 Å². The predicted molar refractivity (Wildman–Crippen MR) is 209 cm³/mol. The number of esters is 1. The van der Waals surface area contributed by atoms with E-state index in [2.05, 4.69) is 48.3 Å². The molecule has 2 unspecified atom stereocenters. The highest BCUT2D eigenvalue weighted by molar-refractivity contribution is 7.14. The molecule has 0 fully saturated rings. The van der Waals surface area contributed by atoms with Crippen molar-refractivity contribution >= 4 is 29.1 Å². The van der Waals surface area contributed by atoms with E-state index in [1.807, 2.05) is 54.6 Å². The third kappa shape index (κ3) is 12.3. The van der Waals surface area contributed by atoms with Crippen LogP contribution in [0, 0.1) is 0 Å². The monoisotopic (exact) mass is 726 g/mol. The lowest BCUT2D eigenvalue weighted by Gasteiger charge is -2.24. The zero-order valence-corrected chi connectivity index (χ0v) is 32.7. The van der Waals surface area contributed by atoms with E-state index in [1.54, 1.807) is 46.2 Å². The average molecular weight is 727 g/mol. The molecule has 278 valence electrons. The second kappa shape index (κ2) is 18.3. The van der Waals surface area contributed by atoms with Crippen molar-refractivity contribution < 1.29 is 23.9 Å². The van der Waals surface area contributed by atoms with Crippen LogP contribution in [0.25, 0.3) is 22.5 Å². The standard InChI is InChI=1S/C42H54N4O5S/c1-9-10-11-12-13-24-50-33-20-18-30(19-21-33)32-26-43-37(44-27-32)31-16-14-29(15-17-31)25-34(38(47)45-28(2)40(49)51-42(6,7)8)46-39(48)35-22-23-36(52-35)41(3,4)5/h14-23,26-28,34H,9-13,24-25H2,1-8H3,(H,45,47)(H,46,48). The van der Waals surface area contributed by atoms with Crippen molar-refractivity contribution in [2.24, 2.45) is 0 Å². The second-order valence-corrected chi connectivity index (χ2v) is 16.3. The lowest BCUT2D eigenvalue weighted by molar-refractivity contribution is -0.158. The molecule has 9 nitrogen and oxygen atoms in total. The van der Waals surface area contributed by atoms with E-state index in [0.717, 1.165) is 45.9 Å². The van der Waals surface area contributed by atoms with E-state index in [-0.39, 0.29) is 17.7 Å². The van der Waals surface area contributed by atoms with Gasteiger partial charge in [-0.3, -0.25) is 9.59 Å². The number of carbonyl (C=O) groups excluding carboxylic acids is 3. The summed E-state index contributed by atoms with van der Waals surface area (Å²) in [5.41, 5.74) is 2.72. The van der Waals surface area contributed by atoms with E-state index in [1.165, 1.54) is 37.0 Å². The molecule has 10 heteroatoms. The summed E-state index contributed by atoms with van der Waals surface area (Å²) in [4.78, 5) is 50.3. The van der Waals surface area contributed by atoms with Crippen LogP contribution in [0.3, 0.4) is 0 Å². The maximum absolute atomic E-state index is 13.5. The Labute approximate surface area is 313 Å². The summed E-state index contributed by atoms with van der Waals surface area (Å²) in [5.74, 6) is 0.0400. The number of rotatable bonds is 16. The number of thiophene rings is 1. The molecular formula is C42H54N4O5S. The number of amides is 2. The van der Waals surface area contributed by atoms with Gasteiger partial charge in [0.25, 0.3) is 5.91 Å². The number of benzene rings is 2. The summed E-state index contributed by atoms with van der Waals surface area (Å²) in [7, 11) is 0. The van der Waals surface area contributed by atoms with Gasteiger partial charge < -0.3 is 20.1 Å². The van der Waals surface area contributed by atoms with Gasteiger partial charge in [-0.1, -0.05) is 89.8 Å². The largest absolute Gasteiger partial charge is 0.494 e. The maximum atomic E-state index is 13.5. The second-order valence-electron chi connectivity index (χ2n) is 15.2. The molecule has 2 N–H and O–H groups in total. The van der Waals surface area contributed by atoms with Crippen molar-refractivity contribution in [2.45, 2.75) is 117 Å². The Morgan fingerprint density at radius 3 is 2.00 bits per heavy atom. The number of hydrogen-bond donors (Lipinski definition) is 2. The van der Waals surface area contributed by atoms with Crippen molar-refractivity contribution in [3.8, 4) is 28.3 Å². The number of nitrogens with zero attached hydrogens (tertiary/aromatic N) is 2. The van der Waals surface area contributed by atoms with Crippen LogP contribution < -0.4 is 15.4 Å². The van der Waals surface area contributed by atoms with Gasteiger partial charge in [0.2, 0.25) is 5.91 Å². The molecule has 0 aliphatic rings. The Kier molecular flexibility index (Phi) is 14.1. The molecule has 52 heavy (non-hydrogen) atoms. The van der Waals surface area contributed by atoms with Crippen LogP contribution in [0.1, 0.15) is 108 Å². The van der Waals surface area contributed by atoms with Gasteiger partial charge in [-0.2, -0.15) is 0 Å². The topological polar surface area (TPSA) is 120 Å². The highest BCUT2D eigenvalue weighted by Crippen LogP contribution is 2.30. The van der Waals surface area contributed by atoms with E-state index < -0.39 is 29.6 Å². The lowest BCUT2D eigenvalue weighted by atomic mass is 9.95. The van der Waals surface area contributed by atoms with Crippen molar-refractivity contribution in [1.82, 2.24) is 20.6 Å². The molecule has 2 amide bonds. The maximum Gasteiger partial charge on any atom is 0.328 e. The molecule has 0 saturated carbocycles. The minimum Gasteiger partial charge on any atom is -0.494 e. The Bertz CT molecular complexity index is 1750. The molecule has 2 heterocycles. The molecule has 4 rings (SSSR count). The SMILES string of the molecule is CCCCCCCOc1ccc(-c2cnc(-c3ccc(CC(NC(=O)c4ccc(C(C)(C)C)s4)C(=O)NC(C)C(=O)OC(C)(C)C)cc3)nc2)cc1. The Morgan fingerprint density at radius 1 is 0.769 bits per heavy atom. The predicted octanol–water partition coefficient (Wildman–Crippen LogP) is 8.71. The summed E-state index contributed by atoms with van der Waals surface area (Å²) in [6.45, 7) is 16.1. The summed E-state index contributed by atoms with van der Waals surface area (Å²) in [6.07, 6.45) is 9.83. The number of aromatic nitrogens is 2. The van der Waals surface area contributed by atoms with Gasteiger partial charge in [0.05, 0.1) is 11.5 Å². The molecule has 2 aromatic carbocycles. The fourth-order valence-corrected chi connectivity index (χ4v) is 6.32. The van der Waals surface area contributed by atoms with E-state index in [4.69, 9.17) is 9.47 Å². The van der Waals surface area contributed by atoms with E-state index >= 15 is 0 Å². The van der Waals surface area contributed by atoms with Crippen molar-refractivity contribution in [3.05, 3.63) is 88.4 Å². The summed E-state index contributed by atoms with van der Waals surface area (Å²) >= 11 is 1.40. The van der Waals surface area contributed by atoms with Crippen molar-refractivity contribution in [1.29, 1.82) is 0 Å². The van der Waals surface area contributed by atoms with Crippen LogP contribution in [0.4, 0.5) is 0 Å². The zero-order valence-electron chi connectivity index (χ0n) is 31.9. The van der Waals surface area contributed by atoms with Crippen LogP contribution in [-0.2, 0) is 26.2 Å². The molecule has 0 saturated heterocycles. The van der Waals surface area contributed by atoms with Crippen LogP contribution >= 0.6 is 11.3 Å². The molecule has 0 aliphatic heterocycles. The molecule has 0 radical (unpaired) electrons. The highest BCUT2D eigenvalue weighted by Gasteiger charge is 2.29. The van der Waals surface area contributed by atoms with Crippen LogP contribution in [-0.4, -0.2) is 52.0 Å². The fourth-order valence-electron chi connectivity index (χ4n) is 5.36. The first-order valence-electron chi connectivity index (χ1n) is 18.2. The van der Waals surface area contributed by atoms with Crippen LogP contribution in [0.15, 0.2) is 73.1 Å². The van der Waals surface area contributed by atoms with Gasteiger partial charge in [0.1, 0.15) is 23.4 Å². The molecule has 4 aromatic rings. The molecule has 0 spiro atoms. The first kappa shape index (κ1) is 40.2. The van der Waals surface area contributed by atoms with Crippen molar-refractivity contribution in [3.63, 3.8) is 0 Å². The normalized spacial score (nSPS) is 12.8. The molecule has 0 aliphatic carbocycles. The number of ether oxygens (including phenoxy) is 2.